The summed E-state index contributed by atoms with van der Waals surface area (Å²) in [5.41, 5.74) is 1.55. The Hall–Kier alpha value is -4.26. The number of anilines is 1. The number of methoxy groups -OCH3 is 1. The van der Waals surface area contributed by atoms with E-state index < -0.39 is 17.7 Å². The van der Waals surface area contributed by atoms with Gasteiger partial charge in [0, 0.05) is 11.3 Å². The number of amides is 1. The quantitative estimate of drug-likeness (QED) is 0.256. The lowest BCUT2D eigenvalue weighted by Crippen LogP contribution is -2.29. The summed E-state index contributed by atoms with van der Waals surface area (Å²) in [7, 11) is 1.55. The third kappa shape index (κ3) is 4.91. The highest BCUT2D eigenvalue weighted by molar-refractivity contribution is 6.51. The van der Waals surface area contributed by atoms with Crippen LogP contribution in [0.5, 0.6) is 17.2 Å². The fraction of sp³-hybridized carbons (Fsp3) is 0.241. The number of carbonyl (C=O) groups is 2. The third-order valence-electron chi connectivity index (χ3n) is 5.78. The Kier molecular flexibility index (Phi) is 7.29. The van der Waals surface area contributed by atoms with Crippen molar-refractivity contribution in [3.63, 3.8) is 0 Å². The molecule has 0 bridgehead atoms. The van der Waals surface area contributed by atoms with Gasteiger partial charge in [0.15, 0.2) is 0 Å². The zero-order valence-electron chi connectivity index (χ0n) is 20.7. The van der Waals surface area contributed by atoms with E-state index in [1.807, 2.05) is 20.8 Å². The molecule has 3 aromatic rings. The lowest BCUT2D eigenvalue weighted by molar-refractivity contribution is -0.132. The van der Waals surface area contributed by atoms with Gasteiger partial charge in [-0.1, -0.05) is 24.3 Å². The maximum absolute atomic E-state index is 13.3. The smallest absolute Gasteiger partial charge is 0.300 e. The van der Waals surface area contributed by atoms with E-state index >= 15 is 0 Å². The number of aliphatic hydroxyl groups is 1. The SMILES string of the molecule is CCOc1cccc(/C(O)=C2/C(=O)C(=O)N(c3ccc(OC)cc3)C2c2ccc(OC(C)C)cc2)c1. The first-order valence-electron chi connectivity index (χ1n) is 11.8. The average molecular weight is 488 g/mol. The number of ether oxygens (including phenoxy) is 3. The minimum atomic E-state index is -0.845. The molecule has 1 heterocycles. The number of hydrogen-bond donors (Lipinski definition) is 1. The zero-order valence-corrected chi connectivity index (χ0v) is 20.7. The minimum absolute atomic E-state index is 0.00148. The highest BCUT2D eigenvalue weighted by atomic mass is 16.5. The van der Waals surface area contributed by atoms with Gasteiger partial charge >= 0.3 is 0 Å². The molecule has 7 heteroatoms. The zero-order chi connectivity index (χ0) is 25.8. The van der Waals surface area contributed by atoms with Crippen molar-refractivity contribution in [2.45, 2.75) is 32.9 Å². The number of carbonyl (C=O) groups excluding carboxylic acids is 2. The van der Waals surface area contributed by atoms with E-state index in [4.69, 9.17) is 14.2 Å². The maximum atomic E-state index is 13.3. The molecule has 1 N–H and O–H groups in total. The molecule has 0 aliphatic carbocycles. The van der Waals surface area contributed by atoms with Crippen LogP contribution >= 0.6 is 0 Å². The Morgan fingerprint density at radius 1 is 0.944 bits per heavy atom. The second-order valence-electron chi connectivity index (χ2n) is 8.56. The summed E-state index contributed by atoms with van der Waals surface area (Å²) in [5, 5.41) is 11.3. The van der Waals surface area contributed by atoms with Gasteiger partial charge in [-0.15, -0.1) is 0 Å². The van der Waals surface area contributed by atoms with Crippen LogP contribution in [0.15, 0.2) is 78.4 Å². The van der Waals surface area contributed by atoms with Gasteiger partial charge in [0.1, 0.15) is 23.0 Å². The van der Waals surface area contributed by atoms with Crippen molar-refractivity contribution in [3.05, 3.63) is 89.5 Å². The molecule has 0 radical (unpaired) electrons. The minimum Gasteiger partial charge on any atom is -0.507 e. The topological polar surface area (TPSA) is 85.3 Å². The van der Waals surface area contributed by atoms with Gasteiger partial charge in [0.05, 0.1) is 31.4 Å². The summed E-state index contributed by atoms with van der Waals surface area (Å²) in [6.45, 7) is 6.18. The van der Waals surface area contributed by atoms with Crippen LogP contribution in [0, 0.1) is 0 Å². The molecule has 1 atom stereocenters. The van der Waals surface area contributed by atoms with Crippen molar-refractivity contribution < 1.29 is 28.9 Å². The molecule has 1 saturated heterocycles. The third-order valence-corrected chi connectivity index (χ3v) is 5.78. The fourth-order valence-corrected chi connectivity index (χ4v) is 4.21. The summed E-state index contributed by atoms with van der Waals surface area (Å²) in [5.74, 6) is 0.0818. The van der Waals surface area contributed by atoms with E-state index in [0.29, 0.717) is 40.7 Å². The second-order valence-corrected chi connectivity index (χ2v) is 8.56. The van der Waals surface area contributed by atoms with Crippen LogP contribution in [0.25, 0.3) is 5.76 Å². The van der Waals surface area contributed by atoms with Gasteiger partial charge in [-0.25, -0.2) is 0 Å². The van der Waals surface area contributed by atoms with Crippen LogP contribution in [0.3, 0.4) is 0 Å². The number of benzene rings is 3. The highest BCUT2D eigenvalue weighted by Gasteiger charge is 2.47. The molecule has 7 nitrogen and oxygen atoms in total. The highest BCUT2D eigenvalue weighted by Crippen LogP contribution is 2.43. The van der Waals surface area contributed by atoms with Crippen LogP contribution in [-0.2, 0) is 9.59 Å². The first-order valence-corrected chi connectivity index (χ1v) is 11.8. The van der Waals surface area contributed by atoms with Crippen LogP contribution in [0.4, 0.5) is 5.69 Å². The van der Waals surface area contributed by atoms with E-state index in [1.165, 1.54) is 4.90 Å². The summed E-state index contributed by atoms with van der Waals surface area (Å²) < 4.78 is 16.5. The van der Waals surface area contributed by atoms with Gasteiger partial charge in [-0.2, -0.15) is 0 Å². The number of nitrogens with zero attached hydrogens (tertiary/aromatic N) is 1. The number of rotatable bonds is 8. The molecular formula is C29H29NO6. The monoisotopic (exact) mass is 487 g/mol. The van der Waals surface area contributed by atoms with Gasteiger partial charge < -0.3 is 19.3 Å². The number of aliphatic hydroxyl groups excluding tert-OH is 1. The molecule has 1 aliphatic heterocycles. The first-order chi connectivity index (χ1) is 17.3. The van der Waals surface area contributed by atoms with E-state index in [9.17, 15) is 14.7 Å². The van der Waals surface area contributed by atoms with Crippen LogP contribution < -0.4 is 19.1 Å². The van der Waals surface area contributed by atoms with Crippen LogP contribution in [0.2, 0.25) is 0 Å². The normalized spacial score (nSPS) is 16.9. The molecule has 1 fully saturated rings. The van der Waals surface area contributed by atoms with E-state index in [-0.39, 0.29) is 17.4 Å². The first kappa shape index (κ1) is 24.9. The molecule has 1 unspecified atom stereocenters. The molecule has 0 spiro atoms. The lowest BCUT2D eigenvalue weighted by Gasteiger charge is -2.26. The predicted molar refractivity (Wildman–Crippen MR) is 138 cm³/mol. The van der Waals surface area contributed by atoms with Gasteiger partial charge in [0.25, 0.3) is 11.7 Å². The van der Waals surface area contributed by atoms with Crippen molar-refractivity contribution >= 4 is 23.1 Å². The number of hydrogen-bond acceptors (Lipinski definition) is 6. The summed E-state index contributed by atoms with van der Waals surface area (Å²) in [4.78, 5) is 28.1. The van der Waals surface area contributed by atoms with Crippen molar-refractivity contribution in [2.75, 3.05) is 18.6 Å². The number of ketones is 1. The molecule has 1 aliphatic rings. The summed E-state index contributed by atoms with van der Waals surface area (Å²) in [6.07, 6.45) is -0.00148. The van der Waals surface area contributed by atoms with Crippen molar-refractivity contribution in [1.82, 2.24) is 0 Å². The average Bonchev–Trinajstić information content (AvgIpc) is 3.14. The van der Waals surface area contributed by atoms with Crippen LogP contribution in [0.1, 0.15) is 37.9 Å². The Labute approximate surface area is 210 Å². The van der Waals surface area contributed by atoms with Gasteiger partial charge in [-0.3, -0.25) is 14.5 Å². The van der Waals surface area contributed by atoms with E-state index in [2.05, 4.69) is 0 Å². The van der Waals surface area contributed by atoms with Gasteiger partial charge in [-0.05, 0) is 74.9 Å². The maximum Gasteiger partial charge on any atom is 0.300 e. The summed E-state index contributed by atoms with van der Waals surface area (Å²) in [6, 6.07) is 20.0. The summed E-state index contributed by atoms with van der Waals surface area (Å²) >= 11 is 0. The van der Waals surface area contributed by atoms with E-state index in [0.717, 1.165) is 0 Å². The van der Waals surface area contributed by atoms with E-state index in [1.54, 1.807) is 79.9 Å². The molecule has 1 amide bonds. The lowest BCUT2D eigenvalue weighted by atomic mass is 9.95. The van der Waals surface area contributed by atoms with Gasteiger partial charge in [0.2, 0.25) is 0 Å². The predicted octanol–water partition coefficient (Wildman–Crippen LogP) is 5.51. The van der Waals surface area contributed by atoms with Crippen molar-refractivity contribution in [1.29, 1.82) is 0 Å². The molecule has 186 valence electrons. The molecular weight excluding hydrogens is 458 g/mol. The fourth-order valence-electron chi connectivity index (χ4n) is 4.21. The second kappa shape index (κ2) is 10.6. The Morgan fingerprint density at radius 2 is 1.61 bits per heavy atom. The standard InChI is InChI=1S/C29H29NO6/c1-5-35-24-8-6-7-20(17-24)27(31)25-26(19-9-13-23(14-10-19)36-18(2)3)30(29(33)28(25)32)21-11-15-22(34-4)16-12-21/h6-18,26,31H,5H2,1-4H3/b27-25-. The Balaban J connectivity index is 1.87. The van der Waals surface area contributed by atoms with Crippen molar-refractivity contribution in [2.24, 2.45) is 0 Å². The molecule has 0 aromatic heterocycles. The van der Waals surface area contributed by atoms with Crippen molar-refractivity contribution in [3.8, 4) is 17.2 Å². The molecule has 36 heavy (non-hydrogen) atoms. The molecule has 3 aromatic carbocycles. The Bertz CT molecular complexity index is 1280. The Morgan fingerprint density at radius 3 is 2.22 bits per heavy atom. The molecule has 0 saturated carbocycles. The number of Topliss-reactive ketones (excluding diaryl/α,β-unsaturated/α-hetero) is 1. The van der Waals surface area contributed by atoms with Crippen LogP contribution in [-0.4, -0.2) is 36.6 Å². The largest absolute Gasteiger partial charge is 0.507 e. The molecule has 4 rings (SSSR count).